The maximum atomic E-state index is 13.1. The number of nitrogens with one attached hydrogen (secondary N) is 1. The molecule has 5 heteroatoms. The van der Waals surface area contributed by atoms with Crippen molar-refractivity contribution < 1.29 is 4.79 Å². The van der Waals surface area contributed by atoms with E-state index in [0.717, 1.165) is 16.3 Å². The smallest absolute Gasteiger partial charge is 0.266 e. The molecule has 170 valence electrons. The van der Waals surface area contributed by atoms with E-state index < -0.39 is 5.25 Å². The lowest BCUT2D eigenvalue weighted by Crippen LogP contribution is -2.35. The first-order valence-electron chi connectivity index (χ1n) is 11.3. The number of carbonyl (C=O) groups is 1. The Kier molecular flexibility index (Phi) is 13.2. The van der Waals surface area contributed by atoms with Gasteiger partial charge in [0.15, 0.2) is 0 Å². The molecule has 1 aliphatic heterocycles. The number of anilines is 1. The van der Waals surface area contributed by atoms with Crippen LogP contribution in [0.25, 0.3) is 0 Å². The molecule has 4 rings (SSSR count). The molecule has 1 amide bonds. The predicted molar refractivity (Wildman–Crippen MR) is 141 cm³/mol. The van der Waals surface area contributed by atoms with Gasteiger partial charge in [0.25, 0.3) is 5.91 Å². The van der Waals surface area contributed by atoms with Crippen molar-refractivity contribution in [1.82, 2.24) is 5.43 Å². The van der Waals surface area contributed by atoms with E-state index in [-0.39, 0.29) is 5.91 Å². The molecule has 0 aromatic heterocycles. The zero-order chi connectivity index (χ0) is 23.8. The summed E-state index contributed by atoms with van der Waals surface area (Å²) in [7, 11) is 0. The minimum atomic E-state index is -0.419. The topological polar surface area (TPSA) is 44.7 Å². The van der Waals surface area contributed by atoms with Crippen LogP contribution < -0.4 is 10.4 Å². The Morgan fingerprint density at radius 2 is 1.19 bits per heavy atom. The molecule has 1 fully saturated rings. The minimum Gasteiger partial charge on any atom is -0.277 e. The third-order valence-corrected chi connectivity index (χ3v) is 5.14. The predicted octanol–water partition coefficient (Wildman–Crippen LogP) is 7.51. The highest BCUT2D eigenvalue weighted by Gasteiger charge is 2.39. The lowest BCUT2D eigenvalue weighted by atomic mass is 10.3. The third kappa shape index (κ3) is 7.57. The fourth-order valence-electron chi connectivity index (χ4n) is 2.70. The van der Waals surface area contributed by atoms with Gasteiger partial charge in [-0.05, 0) is 36.4 Å². The van der Waals surface area contributed by atoms with Crippen molar-refractivity contribution in [3.63, 3.8) is 0 Å². The van der Waals surface area contributed by atoms with Gasteiger partial charge in [0.1, 0.15) is 11.1 Å². The highest BCUT2D eigenvalue weighted by molar-refractivity contribution is 8.01. The number of rotatable bonds is 4. The van der Waals surface area contributed by atoms with Crippen LogP contribution >= 0.6 is 11.8 Å². The van der Waals surface area contributed by atoms with E-state index in [9.17, 15) is 4.79 Å². The Morgan fingerprint density at radius 1 is 0.719 bits per heavy atom. The van der Waals surface area contributed by atoms with Gasteiger partial charge in [-0.15, -0.1) is 11.8 Å². The Labute approximate surface area is 197 Å². The summed E-state index contributed by atoms with van der Waals surface area (Å²) in [5.41, 5.74) is 4.81. The van der Waals surface area contributed by atoms with Crippen LogP contribution in [-0.4, -0.2) is 17.0 Å². The van der Waals surface area contributed by atoms with Gasteiger partial charge in [-0.1, -0.05) is 96.1 Å². The molecule has 4 nitrogen and oxygen atoms in total. The van der Waals surface area contributed by atoms with Gasteiger partial charge >= 0.3 is 0 Å². The molecular formula is C27H35N3OS. The van der Waals surface area contributed by atoms with Gasteiger partial charge < -0.3 is 0 Å². The average Bonchev–Trinajstić information content (AvgIpc) is 3.19. The summed E-state index contributed by atoms with van der Waals surface area (Å²) < 4.78 is 0. The molecule has 1 heterocycles. The van der Waals surface area contributed by atoms with E-state index in [4.69, 9.17) is 0 Å². The van der Waals surface area contributed by atoms with Crippen LogP contribution in [0.5, 0.6) is 0 Å². The molecule has 32 heavy (non-hydrogen) atoms. The van der Waals surface area contributed by atoms with Crippen molar-refractivity contribution in [3.05, 3.63) is 91.0 Å². The Morgan fingerprint density at radius 3 is 1.72 bits per heavy atom. The van der Waals surface area contributed by atoms with Crippen molar-refractivity contribution in [1.29, 1.82) is 0 Å². The molecule has 0 radical (unpaired) electrons. The molecule has 1 saturated heterocycles. The van der Waals surface area contributed by atoms with E-state index >= 15 is 0 Å². The zero-order valence-electron chi connectivity index (χ0n) is 19.9. The van der Waals surface area contributed by atoms with Crippen LogP contribution in [0, 0.1) is 0 Å². The molecule has 0 bridgehead atoms. The third-order valence-electron chi connectivity index (χ3n) is 3.94. The summed E-state index contributed by atoms with van der Waals surface area (Å²) in [5, 5.41) is 1.15. The Hall–Kier alpha value is -3.05. The SMILES string of the molecule is CC.CC.CC.O=C1C(Sc2ccccc2)C(=Nc2ccccc2)NN1c1ccccc1. The molecule has 1 atom stereocenters. The number of hydrogen-bond donors (Lipinski definition) is 1. The van der Waals surface area contributed by atoms with Crippen molar-refractivity contribution in [2.75, 3.05) is 5.01 Å². The number of para-hydroxylation sites is 2. The maximum Gasteiger partial charge on any atom is 0.266 e. The summed E-state index contributed by atoms with van der Waals surface area (Å²) in [6, 6.07) is 29.1. The van der Waals surface area contributed by atoms with E-state index in [2.05, 4.69) is 10.4 Å². The highest BCUT2D eigenvalue weighted by atomic mass is 32.2. The highest BCUT2D eigenvalue weighted by Crippen LogP contribution is 2.31. The van der Waals surface area contributed by atoms with Crippen molar-refractivity contribution in [3.8, 4) is 0 Å². The van der Waals surface area contributed by atoms with E-state index in [1.54, 1.807) is 5.01 Å². The molecule has 0 aliphatic carbocycles. The molecule has 1 N–H and O–H groups in total. The van der Waals surface area contributed by atoms with E-state index in [1.165, 1.54) is 11.8 Å². The molecular weight excluding hydrogens is 414 g/mol. The first kappa shape index (κ1) is 27.0. The standard InChI is InChI=1S/C21H17N3OS.3C2H6/c25-21-19(26-18-14-8-3-9-15-18)20(22-16-10-4-1-5-11-16)23-24(21)17-12-6-2-7-13-17;3*1-2/h1-15,19H,(H,22,23);3*1-2H3. The van der Waals surface area contributed by atoms with Crippen molar-refractivity contribution in [2.24, 2.45) is 4.99 Å². The Balaban J connectivity index is 0.000000789. The summed E-state index contributed by atoms with van der Waals surface area (Å²) >= 11 is 1.50. The first-order chi connectivity index (χ1) is 15.8. The van der Waals surface area contributed by atoms with Crippen molar-refractivity contribution >= 4 is 34.9 Å². The van der Waals surface area contributed by atoms with E-state index in [1.807, 2.05) is 133 Å². The number of hydrazine groups is 1. The van der Waals surface area contributed by atoms with Gasteiger partial charge in [-0.25, -0.2) is 10.0 Å². The maximum absolute atomic E-state index is 13.1. The molecule has 0 saturated carbocycles. The second-order valence-electron chi connectivity index (χ2n) is 5.76. The van der Waals surface area contributed by atoms with Gasteiger partial charge in [0.2, 0.25) is 0 Å². The van der Waals surface area contributed by atoms with Crippen LogP contribution in [0.2, 0.25) is 0 Å². The number of amides is 1. The molecule has 0 spiro atoms. The lowest BCUT2D eigenvalue weighted by Gasteiger charge is -2.15. The second kappa shape index (κ2) is 15.7. The van der Waals surface area contributed by atoms with Gasteiger partial charge in [0.05, 0.1) is 11.4 Å². The molecule has 1 unspecified atom stereocenters. The van der Waals surface area contributed by atoms with Crippen LogP contribution in [0.3, 0.4) is 0 Å². The number of benzene rings is 3. The summed E-state index contributed by atoms with van der Waals surface area (Å²) in [5.74, 6) is 0.610. The monoisotopic (exact) mass is 449 g/mol. The fraction of sp³-hybridized carbons (Fsp3) is 0.259. The molecule has 1 aliphatic rings. The van der Waals surface area contributed by atoms with Crippen LogP contribution in [0.15, 0.2) is 101 Å². The molecule has 3 aromatic carbocycles. The number of hydrogen-bond acceptors (Lipinski definition) is 3. The number of aliphatic imine (C=N–C) groups is 1. The number of carbonyl (C=O) groups excluding carboxylic acids is 1. The van der Waals surface area contributed by atoms with E-state index in [0.29, 0.717) is 5.84 Å². The Bertz CT molecular complexity index is 915. The average molecular weight is 450 g/mol. The quantitative estimate of drug-likeness (QED) is 0.448. The zero-order valence-corrected chi connectivity index (χ0v) is 20.8. The van der Waals surface area contributed by atoms with Crippen LogP contribution in [0.1, 0.15) is 41.5 Å². The van der Waals surface area contributed by atoms with Crippen LogP contribution in [-0.2, 0) is 4.79 Å². The van der Waals surface area contributed by atoms with Gasteiger partial charge in [0, 0.05) is 4.90 Å². The number of nitrogens with zero attached hydrogens (tertiary/aromatic N) is 2. The number of amidine groups is 1. The lowest BCUT2D eigenvalue weighted by molar-refractivity contribution is -0.116. The van der Waals surface area contributed by atoms with Gasteiger partial charge in [-0.2, -0.15) is 0 Å². The second-order valence-corrected chi connectivity index (χ2v) is 6.94. The fourth-order valence-corrected chi connectivity index (χ4v) is 3.71. The normalized spacial score (nSPS) is 15.3. The first-order valence-corrected chi connectivity index (χ1v) is 12.2. The number of thioether (sulfide) groups is 1. The van der Waals surface area contributed by atoms with Crippen molar-refractivity contribution in [2.45, 2.75) is 51.7 Å². The summed E-state index contributed by atoms with van der Waals surface area (Å²) in [4.78, 5) is 18.8. The molecule has 3 aromatic rings. The summed E-state index contributed by atoms with van der Waals surface area (Å²) in [6.45, 7) is 12.0. The minimum absolute atomic E-state index is 0.0280. The largest absolute Gasteiger partial charge is 0.277 e. The van der Waals surface area contributed by atoms with Gasteiger partial charge in [-0.3, -0.25) is 10.2 Å². The van der Waals surface area contributed by atoms with Crippen LogP contribution in [0.4, 0.5) is 11.4 Å². The summed E-state index contributed by atoms with van der Waals surface area (Å²) in [6.07, 6.45) is 0.